The zero-order chi connectivity index (χ0) is 12.3. The van der Waals surface area contributed by atoms with Gasteiger partial charge >= 0.3 is 5.97 Å². The van der Waals surface area contributed by atoms with E-state index < -0.39 is 0 Å². The quantitative estimate of drug-likeness (QED) is 0.774. The summed E-state index contributed by atoms with van der Waals surface area (Å²) in [4.78, 5) is 11.8. The van der Waals surface area contributed by atoms with Gasteiger partial charge in [-0.3, -0.25) is 4.79 Å². The summed E-state index contributed by atoms with van der Waals surface area (Å²) < 4.78 is 5.07. The minimum Gasteiger partial charge on any atom is -0.508 e. The first kappa shape index (κ1) is 11.9. The first-order valence-electron chi connectivity index (χ1n) is 5.88. The van der Waals surface area contributed by atoms with Crippen molar-refractivity contribution in [3.63, 3.8) is 0 Å². The van der Waals surface area contributed by atoms with Gasteiger partial charge in [0, 0.05) is 19.0 Å². The largest absolute Gasteiger partial charge is 0.508 e. The number of esters is 1. The van der Waals surface area contributed by atoms with Crippen molar-refractivity contribution < 1.29 is 14.6 Å². The van der Waals surface area contributed by atoms with Crippen LogP contribution in [0.25, 0.3) is 0 Å². The van der Waals surface area contributed by atoms with E-state index in [4.69, 9.17) is 4.74 Å². The number of hydrogen-bond donors (Lipinski definition) is 2. The number of ether oxygens (including phenoxy) is 1. The molecule has 1 aliphatic heterocycles. The van der Waals surface area contributed by atoms with E-state index in [1.54, 1.807) is 18.2 Å². The van der Waals surface area contributed by atoms with Crippen molar-refractivity contribution in [2.24, 2.45) is 5.92 Å². The van der Waals surface area contributed by atoms with Crippen LogP contribution < -0.4 is 5.32 Å². The van der Waals surface area contributed by atoms with E-state index in [2.05, 4.69) is 5.32 Å². The molecule has 0 radical (unpaired) electrons. The molecule has 1 heterocycles. The van der Waals surface area contributed by atoms with E-state index >= 15 is 0 Å². The maximum atomic E-state index is 11.8. The summed E-state index contributed by atoms with van der Waals surface area (Å²) in [6.07, 6.45) is 0. The third kappa shape index (κ3) is 2.58. The Bertz CT molecular complexity index is 405. The average molecular weight is 235 g/mol. The number of rotatable bonds is 3. The van der Waals surface area contributed by atoms with E-state index in [9.17, 15) is 9.90 Å². The van der Waals surface area contributed by atoms with Crippen molar-refractivity contribution >= 4 is 5.97 Å². The SMILES string of the molecule is CCOC(=O)[C@@H]1CNC[C@H]1c1cccc(O)c1. The summed E-state index contributed by atoms with van der Waals surface area (Å²) in [6.45, 7) is 3.60. The normalized spacial score (nSPS) is 23.6. The highest BCUT2D eigenvalue weighted by Gasteiger charge is 2.35. The number of carbonyl (C=O) groups excluding carboxylic acids is 1. The molecule has 4 heteroatoms. The van der Waals surface area contributed by atoms with E-state index in [-0.39, 0.29) is 23.6 Å². The van der Waals surface area contributed by atoms with Crippen LogP contribution in [0.1, 0.15) is 18.4 Å². The number of benzene rings is 1. The molecule has 1 saturated heterocycles. The number of carbonyl (C=O) groups is 1. The lowest BCUT2D eigenvalue weighted by atomic mass is 9.89. The Balaban J connectivity index is 2.17. The van der Waals surface area contributed by atoms with Crippen LogP contribution in [0.15, 0.2) is 24.3 Å². The molecule has 1 aromatic rings. The van der Waals surface area contributed by atoms with Crippen LogP contribution >= 0.6 is 0 Å². The standard InChI is InChI=1S/C13H17NO3/c1-2-17-13(16)12-8-14-7-11(12)9-4-3-5-10(15)6-9/h3-6,11-12,14-15H,2,7-8H2,1H3/t11-,12+/m0/s1. The summed E-state index contributed by atoms with van der Waals surface area (Å²) in [7, 11) is 0. The second-order valence-corrected chi connectivity index (χ2v) is 4.22. The third-order valence-corrected chi connectivity index (χ3v) is 3.10. The fourth-order valence-electron chi connectivity index (χ4n) is 2.28. The lowest BCUT2D eigenvalue weighted by Gasteiger charge is -2.17. The molecule has 2 N–H and O–H groups in total. The van der Waals surface area contributed by atoms with E-state index in [1.807, 2.05) is 13.0 Å². The fourth-order valence-corrected chi connectivity index (χ4v) is 2.28. The molecular formula is C13H17NO3. The molecule has 4 nitrogen and oxygen atoms in total. The van der Waals surface area contributed by atoms with Crippen LogP contribution in [0.2, 0.25) is 0 Å². The zero-order valence-electron chi connectivity index (χ0n) is 9.85. The van der Waals surface area contributed by atoms with Gasteiger partial charge in [-0.2, -0.15) is 0 Å². The Labute approximate surface area is 101 Å². The highest BCUT2D eigenvalue weighted by Crippen LogP contribution is 2.30. The molecular weight excluding hydrogens is 218 g/mol. The molecule has 0 unspecified atom stereocenters. The molecule has 0 aromatic heterocycles. The van der Waals surface area contributed by atoms with Crippen LogP contribution in [0, 0.1) is 5.92 Å². The van der Waals surface area contributed by atoms with Crippen LogP contribution in [-0.2, 0) is 9.53 Å². The number of nitrogens with one attached hydrogen (secondary N) is 1. The Morgan fingerprint density at radius 2 is 2.35 bits per heavy atom. The van der Waals surface area contributed by atoms with E-state index in [1.165, 1.54) is 0 Å². The van der Waals surface area contributed by atoms with Gasteiger partial charge < -0.3 is 15.2 Å². The summed E-state index contributed by atoms with van der Waals surface area (Å²) in [5.74, 6) is 0.000696. The first-order valence-corrected chi connectivity index (χ1v) is 5.88. The number of phenolic OH excluding ortho intramolecular Hbond substituents is 1. The summed E-state index contributed by atoms with van der Waals surface area (Å²) in [5, 5.41) is 12.7. The molecule has 2 atom stereocenters. The fraction of sp³-hybridized carbons (Fsp3) is 0.462. The van der Waals surface area contributed by atoms with Crippen molar-refractivity contribution in [2.75, 3.05) is 19.7 Å². The van der Waals surface area contributed by atoms with Crippen molar-refractivity contribution in [3.05, 3.63) is 29.8 Å². The topological polar surface area (TPSA) is 58.6 Å². The maximum Gasteiger partial charge on any atom is 0.310 e. The highest BCUT2D eigenvalue weighted by molar-refractivity contribution is 5.74. The Morgan fingerprint density at radius 3 is 3.06 bits per heavy atom. The van der Waals surface area contributed by atoms with Gasteiger partial charge in [0.25, 0.3) is 0 Å². The average Bonchev–Trinajstić information content (AvgIpc) is 2.78. The molecule has 1 aromatic carbocycles. The van der Waals surface area contributed by atoms with Crippen LogP contribution in [0.4, 0.5) is 0 Å². The second-order valence-electron chi connectivity index (χ2n) is 4.22. The molecule has 0 bridgehead atoms. The minimum atomic E-state index is -0.161. The van der Waals surface area contributed by atoms with Crippen LogP contribution in [0.3, 0.4) is 0 Å². The Morgan fingerprint density at radius 1 is 1.53 bits per heavy atom. The summed E-state index contributed by atoms with van der Waals surface area (Å²) in [5.41, 5.74) is 0.980. The molecule has 2 rings (SSSR count). The molecule has 0 saturated carbocycles. The highest BCUT2D eigenvalue weighted by atomic mass is 16.5. The molecule has 92 valence electrons. The van der Waals surface area contributed by atoms with Gasteiger partial charge in [-0.1, -0.05) is 12.1 Å². The molecule has 1 aliphatic rings. The molecule has 0 amide bonds. The monoisotopic (exact) mass is 235 g/mol. The zero-order valence-corrected chi connectivity index (χ0v) is 9.85. The smallest absolute Gasteiger partial charge is 0.310 e. The molecule has 17 heavy (non-hydrogen) atoms. The maximum absolute atomic E-state index is 11.8. The summed E-state index contributed by atoms with van der Waals surface area (Å²) >= 11 is 0. The molecule has 0 aliphatic carbocycles. The predicted molar refractivity (Wildman–Crippen MR) is 63.8 cm³/mol. The van der Waals surface area contributed by atoms with Crippen molar-refractivity contribution in [2.45, 2.75) is 12.8 Å². The summed E-state index contributed by atoms with van der Waals surface area (Å²) in [6, 6.07) is 7.07. The third-order valence-electron chi connectivity index (χ3n) is 3.10. The van der Waals surface area contributed by atoms with Crippen molar-refractivity contribution in [1.82, 2.24) is 5.32 Å². The Hall–Kier alpha value is -1.55. The van der Waals surface area contributed by atoms with Crippen molar-refractivity contribution in [1.29, 1.82) is 0 Å². The van der Waals surface area contributed by atoms with Gasteiger partial charge in [0.2, 0.25) is 0 Å². The lowest BCUT2D eigenvalue weighted by Crippen LogP contribution is -2.24. The van der Waals surface area contributed by atoms with Gasteiger partial charge in [0.15, 0.2) is 0 Å². The van der Waals surface area contributed by atoms with Crippen LogP contribution in [-0.4, -0.2) is 30.8 Å². The molecule has 0 spiro atoms. The van der Waals surface area contributed by atoms with Crippen molar-refractivity contribution in [3.8, 4) is 5.75 Å². The van der Waals surface area contributed by atoms with Gasteiger partial charge in [-0.15, -0.1) is 0 Å². The minimum absolute atomic E-state index is 0.0844. The number of hydrogen-bond acceptors (Lipinski definition) is 4. The lowest BCUT2D eigenvalue weighted by molar-refractivity contribution is -0.147. The van der Waals surface area contributed by atoms with Crippen LogP contribution in [0.5, 0.6) is 5.75 Å². The van der Waals surface area contributed by atoms with Gasteiger partial charge in [-0.25, -0.2) is 0 Å². The van der Waals surface area contributed by atoms with Gasteiger partial charge in [-0.05, 0) is 24.6 Å². The van der Waals surface area contributed by atoms with E-state index in [0.717, 1.165) is 12.1 Å². The Kier molecular flexibility index (Phi) is 3.64. The van der Waals surface area contributed by atoms with Gasteiger partial charge in [0.1, 0.15) is 5.75 Å². The molecule has 1 fully saturated rings. The van der Waals surface area contributed by atoms with E-state index in [0.29, 0.717) is 13.2 Å². The van der Waals surface area contributed by atoms with Gasteiger partial charge in [0.05, 0.1) is 12.5 Å². The number of phenols is 1. The predicted octanol–water partition coefficient (Wildman–Crippen LogP) is 1.26. The first-order chi connectivity index (χ1) is 8.22. The second kappa shape index (κ2) is 5.19. The number of aromatic hydroxyl groups is 1.